The molecule has 0 bridgehead atoms. The van der Waals surface area contributed by atoms with Gasteiger partial charge in [-0.1, -0.05) is 30.3 Å². The van der Waals surface area contributed by atoms with Gasteiger partial charge >= 0.3 is 0 Å². The average Bonchev–Trinajstić information content (AvgIpc) is 3.01. The molecule has 1 N–H and O–H groups in total. The topological polar surface area (TPSA) is 32.9 Å². The molecule has 3 aromatic carbocycles. The summed E-state index contributed by atoms with van der Waals surface area (Å²) in [7, 11) is 0. The molecule has 4 aromatic rings. The Balaban J connectivity index is 1.94. The molecule has 4 heteroatoms. The van der Waals surface area contributed by atoms with E-state index in [2.05, 4.69) is 4.98 Å². The number of carbonyl (C=O) groups excluding carboxylic acids is 1. The van der Waals surface area contributed by atoms with Crippen LogP contribution in [0.4, 0.5) is 8.78 Å². The van der Waals surface area contributed by atoms with Crippen LogP contribution in [0.2, 0.25) is 0 Å². The Morgan fingerprint density at radius 2 is 1.28 bits per heavy atom. The summed E-state index contributed by atoms with van der Waals surface area (Å²) in [5.74, 6) is -0.620. The third-order valence-electron chi connectivity index (χ3n) is 4.26. The smallest absolute Gasteiger partial charge is 0.166 e. The third-order valence-corrected chi connectivity index (χ3v) is 4.26. The van der Waals surface area contributed by atoms with Crippen molar-refractivity contribution in [1.29, 1.82) is 0 Å². The van der Waals surface area contributed by atoms with E-state index >= 15 is 0 Å². The van der Waals surface area contributed by atoms with Gasteiger partial charge in [-0.05, 0) is 53.1 Å². The number of benzene rings is 3. The average molecular weight is 333 g/mol. The van der Waals surface area contributed by atoms with Crippen molar-refractivity contribution in [1.82, 2.24) is 4.98 Å². The van der Waals surface area contributed by atoms with Crippen LogP contribution in [0.1, 0.15) is 10.5 Å². The molecule has 0 amide bonds. The highest BCUT2D eigenvalue weighted by Gasteiger charge is 2.14. The minimum atomic E-state index is -0.330. The second-order valence-corrected chi connectivity index (χ2v) is 5.81. The maximum atomic E-state index is 13.2. The normalized spacial score (nSPS) is 11.0. The van der Waals surface area contributed by atoms with E-state index in [4.69, 9.17) is 0 Å². The van der Waals surface area contributed by atoms with Gasteiger partial charge in [0.15, 0.2) is 6.29 Å². The number of hydrogen-bond acceptors (Lipinski definition) is 1. The standard InChI is InChI=1S/C21H13F2NO/c22-16-6-1-13(2-7-16)15-5-10-19-18(11-15)21(20(12-25)24-19)14-3-8-17(23)9-4-14/h1-12,24H. The minimum Gasteiger partial charge on any atom is -0.352 e. The Morgan fingerprint density at radius 1 is 0.720 bits per heavy atom. The maximum absolute atomic E-state index is 13.2. The number of fused-ring (bicyclic) bond motifs is 1. The summed E-state index contributed by atoms with van der Waals surface area (Å²) in [6.07, 6.45) is 0.760. The molecule has 122 valence electrons. The van der Waals surface area contributed by atoms with E-state index < -0.39 is 0 Å². The van der Waals surface area contributed by atoms with Gasteiger partial charge in [-0.2, -0.15) is 0 Å². The second-order valence-electron chi connectivity index (χ2n) is 5.81. The van der Waals surface area contributed by atoms with Crippen LogP contribution in [0.5, 0.6) is 0 Å². The zero-order valence-electron chi connectivity index (χ0n) is 13.1. The van der Waals surface area contributed by atoms with Gasteiger partial charge in [0, 0.05) is 16.5 Å². The van der Waals surface area contributed by atoms with E-state index in [0.717, 1.165) is 39.4 Å². The van der Waals surface area contributed by atoms with Crippen LogP contribution in [0.3, 0.4) is 0 Å². The summed E-state index contributed by atoms with van der Waals surface area (Å²) in [4.78, 5) is 14.6. The van der Waals surface area contributed by atoms with Crippen LogP contribution < -0.4 is 0 Å². The van der Waals surface area contributed by atoms with E-state index in [1.54, 1.807) is 24.3 Å². The monoisotopic (exact) mass is 333 g/mol. The molecule has 25 heavy (non-hydrogen) atoms. The summed E-state index contributed by atoms with van der Waals surface area (Å²) in [5.41, 5.74) is 4.53. The zero-order valence-corrected chi connectivity index (χ0v) is 13.1. The molecule has 1 heterocycles. The molecule has 0 fully saturated rings. The van der Waals surface area contributed by atoms with Gasteiger partial charge in [0.05, 0.1) is 5.69 Å². The first-order valence-corrected chi connectivity index (χ1v) is 7.78. The summed E-state index contributed by atoms with van der Waals surface area (Å²) >= 11 is 0. The van der Waals surface area contributed by atoms with Crippen molar-refractivity contribution in [3.05, 3.63) is 84.1 Å². The van der Waals surface area contributed by atoms with E-state index in [1.807, 2.05) is 18.2 Å². The highest BCUT2D eigenvalue weighted by atomic mass is 19.1. The van der Waals surface area contributed by atoms with Gasteiger partial charge in [0.2, 0.25) is 0 Å². The number of rotatable bonds is 3. The molecule has 0 spiro atoms. The number of aromatic amines is 1. The van der Waals surface area contributed by atoms with E-state index in [1.165, 1.54) is 24.3 Å². The molecule has 0 radical (unpaired) electrons. The molecule has 0 aliphatic carbocycles. The number of hydrogen-bond donors (Lipinski definition) is 1. The Morgan fingerprint density at radius 3 is 1.88 bits per heavy atom. The van der Waals surface area contributed by atoms with Crippen LogP contribution in [0.15, 0.2) is 66.7 Å². The number of aromatic nitrogens is 1. The van der Waals surface area contributed by atoms with Gasteiger partial charge in [0.25, 0.3) is 0 Å². The minimum absolute atomic E-state index is 0.290. The first-order valence-electron chi connectivity index (χ1n) is 7.78. The third kappa shape index (κ3) is 2.72. The van der Waals surface area contributed by atoms with Crippen LogP contribution in [0, 0.1) is 11.6 Å². The van der Waals surface area contributed by atoms with Crippen LogP contribution in [-0.4, -0.2) is 11.3 Å². The van der Waals surface area contributed by atoms with Gasteiger partial charge in [-0.15, -0.1) is 0 Å². The lowest BCUT2D eigenvalue weighted by atomic mass is 9.98. The number of H-pyrrole nitrogens is 1. The molecule has 4 rings (SSSR count). The van der Waals surface area contributed by atoms with Gasteiger partial charge in [0.1, 0.15) is 11.6 Å². The predicted molar refractivity (Wildman–Crippen MR) is 94.5 cm³/mol. The van der Waals surface area contributed by atoms with Crippen molar-refractivity contribution in [2.45, 2.75) is 0 Å². The Labute approximate surface area is 142 Å². The fourth-order valence-electron chi connectivity index (χ4n) is 3.05. The van der Waals surface area contributed by atoms with Crippen molar-refractivity contribution in [2.24, 2.45) is 0 Å². The number of aldehydes is 1. The quantitative estimate of drug-likeness (QED) is 0.487. The van der Waals surface area contributed by atoms with Gasteiger partial charge in [-0.3, -0.25) is 4.79 Å². The van der Waals surface area contributed by atoms with Gasteiger partial charge < -0.3 is 4.98 Å². The first kappa shape index (κ1) is 15.3. The van der Waals surface area contributed by atoms with Crippen molar-refractivity contribution in [2.75, 3.05) is 0 Å². The number of nitrogens with one attached hydrogen (secondary N) is 1. The lowest BCUT2D eigenvalue weighted by molar-refractivity contribution is 0.112. The summed E-state index contributed by atoms with van der Waals surface area (Å²) < 4.78 is 26.4. The SMILES string of the molecule is O=Cc1[nH]c2ccc(-c3ccc(F)cc3)cc2c1-c1ccc(F)cc1. The molecular formula is C21H13F2NO. The molecule has 0 unspecified atom stereocenters. The fraction of sp³-hybridized carbons (Fsp3) is 0. The second kappa shape index (κ2) is 5.98. The molecule has 0 saturated heterocycles. The van der Waals surface area contributed by atoms with E-state index in [-0.39, 0.29) is 11.6 Å². The number of halogens is 2. The molecule has 0 atom stereocenters. The fourth-order valence-corrected chi connectivity index (χ4v) is 3.05. The Hall–Kier alpha value is -3.27. The van der Waals surface area contributed by atoms with Crippen LogP contribution in [0.25, 0.3) is 33.2 Å². The van der Waals surface area contributed by atoms with Crippen molar-refractivity contribution in [3.8, 4) is 22.3 Å². The largest absolute Gasteiger partial charge is 0.352 e. The van der Waals surface area contributed by atoms with Crippen LogP contribution in [-0.2, 0) is 0 Å². The molecule has 1 aromatic heterocycles. The molecule has 0 aliphatic heterocycles. The molecular weight excluding hydrogens is 320 g/mol. The summed E-state index contributed by atoms with van der Waals surface area (Å²) in [6, 6.07) is 18.0. The zero-order chi connectivity index (χ0) is 17.4. The Kier molecular flexibility index (Phi) is 3.65. The highest BCUT2D eigenvalue weighted by Crippen LogP contribution is 2.34. The first-order chi connectivity index (χ1) is 12.2. The Bertz CT molecular complexity index is 1060. The summed E-state index contributed by atoms with van der Waals surface area (Å²) in [6.45, 7) is 0. The summed E-state index contributed by atoms with van der Waals surface area (Å²) in [5, 5.41) is 0.857. The molecule has 0 aliphatic rings. The predicted octanol–water partition coefficient (Wildman–Crippen LogP) is 5.59. The number of carbonyl (C=O) groups is 1. The lowest BCUT2D eigenvalue weighted by Crippen LogP contribution is -1.85. The van der Waals surface area contributed by atoms with Crippen molar-refractivity contribution < 1.29 is 13.6 Å². The van der Waals surface area contributed by atoms with Crippen LogP contribution >= 0.6 is 0 Å². The van der Waals surface area contributed by atoms with Gasteiger partial charge in [-0.25, -0.2) is 8.78 Å². The van der Waals surface area contributed by atoms with Crippen molar-refractivity contribution >= 4 is 17.2 Å². The lowest BCUT2D eigenvalue weighted by Gasteiger charge is -2.05. The van der Waals surface area contributed by atoms with E-state index in [9.17, 15) is 13.6 Å². The van der Waals surface area contributed by atoms with E-state index in [0.29, 0.717) is 5.69 Å². The molecule has 2 nitrogen and oxygen atoms in total. The maximum Gasteiger partial charge on any atom is 0.166 e. The van der Waals surface area contributed by atoms with Crippen molar-refractivity contribution in [3.63, 3.8) is 0 Å². The molecule has 0 saturated carbocycles. The highest BCUT2D eigenvalue weighted by molar-refractivity contribution is 6.05.